The van der Waals surface area contributed by atoms with Crippen molar-refractivity contribution in [3.05, 3.63) is 82.3 Å². The van der Waals surface area contributed by atoms with Crippen molar-refractivity contribution in [1.29, 1.82) is 0 Å². The van der Waals surface area contributed by atoms with Gasteiger partial charge in [-0.15, -0.1) is 11.3 Å². The fourth-order valence-electron chi connectivity index (χ4n) is 4.60. The number of benzene rings is 1. The number of aromatic nitrogens is 1. The van der Waals surface area contributed by atoms with Crippen molar-refractivity contribution in [2.45, 2.75) is 70.4 Å². The van der Waals surface area contributed by atoms with E-state index in [1.807, 2.05) is 41.8 Å². The Morgan fingerprint density at radius 1 is 1.06 bits per heavy atom. The molecule has 5 nitrogen and oxygen atoms in total. The number of nitrogens with one attached hydrogen (secondary N) is 1. The van der Waals surface area contributed by atoms with E-state index < -0.39 is 6.04 Å². The third kappa shape index (κ3) is 5.73. The van der Waals surface area contributed by atoms with E-state index in [9.17, 15) is 9.59 Å². The molecule has 1 fully saturated rings. The Kier molecular flexibility index (Phi) is 8.12. The van der Waals surface area contributed by atoms with Crippen LogP contribution in [0, 0.1) is 0 Å². The first-order chi connectivity index (χ1) is 16.6. The monoisotopic (exact) mass is 475 g/mol. The summed E-state index contributed by atoms with van der Waals surface area (Å²) in [6, 6.07) is 15.1. The third-order valence-electron chi connectivity index (χ3n) is 6.76. The summed E-state index contributed by atoms with van der Waals surface area (Å²) < 4.78 is 0. The van der Waals surface area contributed by atoms with Gasteiger partial charge in [-0.05, 0) is 72.0 Å². The molecule has 4 rings (SSSR count). The maximum absolute atomic E-state index is 13.8. The first-order valence-electron chi connectivity index (χ1n) is 12.2. The smallest absolute Gasteiger partial charge is 0.248 e. The molecule has 0 unspecified atom stereocenters. The summed E-state index contributed by atoms with van der Waals surface area (Å²) in [7, 11) is 0. The Balaban J connectivity index is 1.73. The predicted molar refractivity (Wildman–Crippen MR) is 138 cm³/mol. The zero-order chi connectivity index (χ0) is 23.9. The SMILES string of the molecule is CC[C@H](C)c1ccc(N(C(=O)Cc2cccs2)[C@H](C(=O)NC2CCCC2)c2ccncc2)cc1. The minimum absolute atomic E-state index is 0.0953. The van der Waals surface area contributed by atoms with E-state index in [1.165, 1.54) is 5.56 Å². The highest BCUT2D eigenvalue weighted by Crippen LogP contribution is 2.31. The van der Waals surface area contributed by atoms with Gasteiger partial charge >= 0.3 is 0 Å². The summed E-state index contributed by atoms with van der Waals surface area (Å²) in [6.45, 7) is 4.37. The van der Waals surface area contributed by atoms with Gasteiger partial charge in [0, 0.05) is 29.0 Å². The molecule has 0 saturated heterocycles. The average molecular weight is 476 g/mol. The molecule has 178 valence electrons. The first-order valence-corrected chi connectivity index (χ1v) is 13.1. The van der Waals surface area contributed by atoms with E-state index in [1.54, 1.807) is 28.6 Å². The number of hydrogen-bond acceptors (Lipinski definition) is 4. The van der Waals surface area contributed by atoms with Crippen molar-refractivity contribution < 1.29 is 9.59 Å². The number of amides is 2. The number of pyridine rings is 1. The second kappa shape index (κ2) is 11.4. The molecule has 3 aromatic rings. The van der Waals surface area contributed by atoms with E-state index in [0.717, 1.165) is 48.2 Å². The highest BCUT2D eigenvalue weighted by molar-refractivity contribution is 7.10. The summed E-state index contributed by atoms with van der Waals surface area (Å²) in [5, 5.41) is 5.20. The van der Waals surface area contributed by atoms with Gasteiger partial charge in [0.05, 0.1) is 6.42 Å². The average Bonchev–Trinajstić information content (AvgIpc) is 3.57. The number of carbonyl (C=O) groups excluding carboxylic acids is 2. The van der Waals surface area contributed by atoms with Crippen LogP contribution in [0.3, 0.4) is 0 Å². The molecule has 1 aliphatic carbocycles. The Morgan fingerprint density at radius 3 is 2.38 bits per heavy atom. The quantitative estimate of drug-likeness (QED) is 0.411. The lowest BCUT2D eigenvalue weighted by molar-refractivity contribution is -0.127. The van der Waals surface area contributed by atoms with Crippen molar-refractivity contribution in [2.75, 3.05) is 4.90 Å². The van der Waals surface area contributed by atoms with Gasteiger partial charge in [-0.1, -0.05) is 44.9 Å². The summed E-state index contributed by atoms with van der Waals surface area (Å²) >= 11 is 1.56. The molecule has 0 aliphatic heterocycles. The van der Waals surface area contributed by atoms with Crippen LogP contribution in [0.2, 0.25) is 0 Å². The molecule has 0 bridgehead atoms. The van der Waals surface area contributed by atoms with Gasteiger partial charge in [-0.2, -0.15) is 0 Å². The van der Waals surface area contributed by atoms with Crippen molar-refractivity contribution in [2.24, 2.45) is 0 Å². The number of nitrogens with zero attached hydrogens (tertiary/aromatic N) is 2. The molecule has 2 atom stereocenters. The van der Waals surface area contributed by atoms with Crippen LogP contribution in [0.4, 0.5) is 5.69 Å². The molecular weight excluding hydrogens is 442 g/mol. The minimum atomic E-state index is -0.759. The van der Waals surface area contributed by atoms with Crippen LogP contribution in [0.15, 0.2) is 66.3 Å². The molecule has 2 amide bonds. The van der Waals surface area contributed by atoms with Gasteiger partial charge in [-0.25, -0.2) is 0 Å². The lowest BCUT2D eigenvalue weighted by Crippen LogP contribution is -2.46. The predicted octanol–water partition coefficient (Wildman–Crippen LogP) is 6.03. The summed E-state index contributed by atoms with van der Waals surface area (Å²) in [6.07, 6.45) is 8.89. The zero-order valence-electron chi connectivity index (χ0n) is 19.9. The maximum Gasteiger partial charge on any atom is 0.248 e. The number of hydrogen-bond donors (Lipinski definition) is 1. The molecule has 1 N–H and O–H groups in total. The fourth-order valence-corrected chi connectivity index (χ4v) is 5.29. The van der Waals surface area contributed by atoms with Crippen molar-refractivity contribution in [3.63, 3.8) is 0 Å². The second-order valence-corrected chi connectivity index (χ2v) is 10.1. The van der Waals surface area contributed by atoms with Crippen molar-refractivity contribution in [1.82, 2.24) is 10.3 Å². The van der Waals surface area contributed by atoms with Gasteiger partial charge in [0.15, 0.2) is 0 Å². The fraction of sp³-hybridized carbons (Fsp3) is 0.393. The molecule has 2 heterocycles. The molecule has 1 aliphatic rings. The van der Waals surface area contributed by atoms with E-state index in [2.05, 4.69) is 36.3 Å². The Hall–Kier alpha value is -2.99. The molecular formula is C28H33N3O2S. The number of anilines is 1. The number of thiophene rings is 1. The van der Waals surface area contributed by atoms with E-state index >= 15 is 0 Å². The molecule has 1 aromatic carbocycles. The standard InChI is InChI=1S/C28H33N3O2S/c1-3-20(2)21-10-12-24(13-11-21)31(26(32)19-25-9-6-18-34-25)27(22-14-16-29-17-15-22)28(33)30-23-7-4-5-8-23/h6,9-18,20,23,27H,3-5,7-8,19H2,1-2H3,(H,30,33)/t20-,27-/m0/s1. The molecule has 0 spiro atoms. The van der Waals surface area contributed by atoms with Crippen molar-refractivity contribution in [3.8, 4) is 0 Å². The largest absolute Gasteiger partial charge is 0.351 e. The minimum Gasteiger partial charge on any atom is -0.351 e. The van der Waals surface area contributed by atoms with Gasteiger partial charge in [0.1, 0.15) is 6.04 Å². The van der Waals surface area contributed by atoms with E-state index in [0.29, 0.717) is 5.92 Å². The normalized spacial score (nSPS) is 15.6. The Bertz CT molecular complexity index is 1060. The van der Waals surface area contributed by atoms with Crippen LogP contribution in [0.5, 0.6) is 0 Å². The lowest BCUT2D eigenvalue weighted by Gasteiger charge is -2.32. The number of carbonyl (C=O) groups is 2. The molecule has 34 heavy (non-hydrogen) atoms. The third-order valence-corrected chi connectivity index (χ3v) is 7.63. The molecule has 1 saturated carbocycles. The first kappa shape index (κ1) is 24.1. The summed E-state index contributed by atoms with van der Waals surface area (Å²) in [4.78, 5) is 34.3. The van der Waals surface area contributed by atoms with Crippen LogP contribution in [-0.4, -0.2) is 22.8 Å². The van der Waals surface area contributed by atoms with E-state index in [4.69, 9.17) is 0 Å². The van der Waals surface area contributed by atoms with E-state index in [-0.39, 0.29) is 24.3 Å². The molecule has 0 radical (unpaired) electrons. The maximum atomic E-state index is 13.8. The van der Waals surface area contributed by atoms with Gasteiger partial charge in [0.2, 0.25) is 11.8 Å². The van der Waals surface area contributed by atoms with Crippen LogP contribution in [-0.2, 0) is 16.0 Å². The van der Waals surface area contributed by atoms with Gasteiger partial charge < -0.3 is 5.32 Å². The summed E-state index contributed by atoms with van der Waals surface area (Å²) in [5.74, 6) is 0.205. The topological polar surface area (TPSA) is 62.3 Å². The van der Waals surface area contributed by atoms with Crippen molar-refractivity contribution >= 4 is 28.8 Å². The second-order valence-electron chi connectivity index (χ2n) is 9.09. The summed E-state index contributed by atoms with van der Waals surface area (Å²) in [5.41, 5.74) is 2.72. The van der Waals surface area contributed by atoms with Crippen LogP contribution in [0.25, 0.3) is 0 Å². The van der Waals surface area contributed by atoms with Crippen LogP contribution in [0.1, 0.15) is 73.9 Å². The highest BCUT2D eigenvalue weighted by atomic mass is 32.1. The van der Waals surface area contributed by atoms with Gasteiger partial charge in [-0.3, -0.25) is 19.5 Å². The Labute approximate surface area is 206 Å². The lowest BCUT2D eigenvalue weighted by atomic mass is 9.97. The molecule has 2 aromatic heterocycles. The zero-order valence-corrected chi connectivity index (χ0v) is 20.8. The van der Waals surface area contributed by atoms with Crippen LogP contribution < -0.4 is 10.2 Å². The number of rotatable bonds is 9. The Morgan fingerprint density at radius 2 is 1.76 bits per heavy atom. The van der Waals surface area contributed by atoms with Crippen LogP contribution >= 0.6 is 11.3 Å². The molecule has 6 heteroatoms. The highest BCUT2D eigenvalue weighted by Gasteiger charge is 2.34. The van der Waals surface area contributed by atoms with Gasteiger partial charge in [0.25, 0.3) is 0 Å².